The lowest BCUT2D eigenvalue weighted by atomic mass is 10.1. The predicted octanol–water partition coefficient (Wildman–Crippen LogP) is -0.0228. The number of hydrogen-bond donors (Lipinski definition) is 4. The third-order valence-corrected chi connectivity index (χ3v) is 7.23. The Hall–Kier alpha value is -4.19. The Morgan fingerprint density at radius 3 is 2.63 bits per heavy atom. The van der Waals surface area contributed by atoms with Crippen molar-refractivity contribution in [1.29, 1.82) is 0 Å². The molecule has 3 aromatic rings. The van der Waals surface area contributed by atoms with Crippen LogP contribution in [-0.2, 0) is 30.0 Å². The van der Waals surface area contributed by atoms with E-state index in [1.165, 1.54) is 25.1 Å². The SMILES string of the molecule is C[C@H](NP(=O)(OCC1OC(n2ncc(=O)[nH]c2=O)C(O)C1O)Oc1ccccc1)C(=O)OCc1ccc([N+](=O)[O-])o1. The molecule has 41 heavy (non-hydrogen) atoms. The summed E-state index contributed by atoms with van der Waals surface area (Å²) in [5.74, 6) is -1.41. The van der Waals surface area contributed by atoms with Crippen molar-refractivity contribution in [3.63, 3.8) is 0 Å². The number of carbonyl (C=O) groups is 1. The van der Waals surface area contributed by atoms with Crippen LogP contribution in [0.25, 0.3) is 0 Å². The van der Waals surface area contributed by atoms with E-state index in [0.29, 0.717) is 4.68 Å². The molecule has 1 saturated heterocycles. The summed E-state index contributed by atoms with van der Waals surface area (Å²) in [6.07, 6.45) is -5.44. The molecule has 3 heterocycles. The average Bonchev–Trinajstić information content (AvgIpc) is 3.52. The van der Waals surface area contributed by atoms with Gasteiger partial charge < -0.3 is 28.6 Å². The molecule has 2 aromatic heterocycles. The molecule has 19 heteroatoms. The number of aromatic amines is 1. The number of hydrogen-bond acceptors (Lipinski definition) is 14. The van der Waals surface area contributed by atoms with E-state index in [-0.39, 0.29) is 11.5 Å². The third-order valence-electron chi connectivity index (χ3n) is 5.58. The summed E-state index contributed by atoms with van der Waals surface area (Å²) in [4.78, 5) is 47.8. The van der Waals surface area contributed by atoms with Crippen LogP contribution >= 0.6 is 7.75 Å². The van der Waals surface area contributed by atoms with Crippen LogP contribution in [0.1, 0.15) is 18.9 Å². The van der Waals surface area contributed by atoms with E-state index < -0.39 is 79.6 Å². The Labute approximate surface area is 229 Å². The van der Waals surface area contributed by atoms with Crippen LogP contribution in [-0.4, -0.2) is 66.8 Å². The van der Waals surface area contributed by atoms with Crippen molar-refractivity contribution in [3.05, 3.63) is 85.4 Å². The molecule has 6 atom stereocenters. The van der Waals surface area contributed by atoms with Crippen LogP contribution in [0.5, 0.6) is 5.75 Å². The highest BCUT2D eigenvalue weighted by Gasteiger charge is 2.46. The Morgan fingerprint density at radius 1 is 1.24 bits per heavy atom. The molecule has 1 aromatic carbocycles. The summed E-state index contributed by atoms with van der Waals surface area (Å²) in [7, 11) is -4.43. The van der Waals surface area contributed by atoms with Gasteiger partial charge in [0.05, 0.1) is 12.7 Å². The molecule has 18 nitrogen and oxygen atoms in total. The smallest absolute Gasteiger partial charge is 0.456 e. The van der Waals surface area contributed by atoms with Gasteiger partial charge in [0.25, 0.3) is 5.56 Å². The molecule has 0 saturated carbocycles. The third kappa shape index (κ3) is 7.31. The van der Waals surface area contributed by atoms with E-state index in [0.717, 1.165) is 12.3 Å². The van der Waals surface area contributed by atoms with Crippen LogP contribution in [0.3, 0.4) is 0 Å². The molecular formula is C22H24N5O13P. The van der Waals surface area contributed by atoms with Crippen molar-refractivity contribution in [2.24, 2.45) is 0 Å². The molecule has 5 unspecified atom stereocenters. The van der Waals surface area contributed by atoms with E-state index >= 15 is 0 Å². The summed E-state index contributed by atoms with van der Waals surface area (Å²) < 4.78 is 40.7. The first-order valence-electron chi connectivity index (χ1n) is 11.8. The van der Waals surface area contributed by atoms with Crippen molar-refractivity contribution >= 4 is 19.6 Å². The van der Waals surface area contributed by atoms with Crippen LogP contribution in [0.4, 0.5) is 5.88 Å². The van der Waals surface area contributed by atoms with Crippen LogP contribution < -0.4 is 20.9 Å². The number of ether oxygens (including phenoxy) is 2. The Balaban J connectivity index is 1.44. The summed E-state index contributed by atoms with van der Waals surface area (Å²) in [6.45, 7) is 0.164. The second-order valence-corrected chi connectivity index (χ2v) is 10.3. The highest BCUT2D eigenvalue weighted by atomic mass is 31.2. The number of rotatable bonds is 12. The van der Waals surface area contributed by atoms with Crippen molar-refractivity contribution < 1.29 is 47.4 Å². The quantitative estimate of drug-likeness (QED) is 0.0927. The van der Waals surface area contributed by atoms with Gasteiger partial charge in [0, 0.05) is 0 Å². The first-order valence-corrected chi connectivity index (χ1v) is 13.4. The van der Waals surface area contributed by atoms with E-state index in [1.807, 2.05) is 4.98 Å². The number of furan rings is 1. The molecule has 220 valence electrons. The first kappa shape index (κ1) is 29.8. The minimum Gasteiger partial charge on any atom is -0.456 e. The Kier molecular flexibility index (Phi) is 9.11. The second-order valence-electron chi connectivity index (χ2n) is 8.58. The van der Waals surface area contributed by atoms with Gasteiger partial charge in [-0.05, 0) is 25.1 Å². The fraction of sp³-hybridized carbons (Fsp3) is 0.364. The van der Waals surface area contributed by atoms with Crippen molar-refractivity contribution in [3.8, 4) is 5.75 Å². The molecule has 0 aliphatic carbocycles. The zero-order valence-corrected chi connectivity index (χ0v) is 22.0. The number of nitrogens with zero attached hydrogens (tertiary/aromatic N) is 3. The number of benzene rings is 1. The maximum Gasteiger partial charge on any atom is 0.459 e. The molecule has 1 aliphatic rings. The fourth-order valence-corrected chi connectivity index (χ4v) is 5.10. The first-order chi connectivity index (χ1) is 19.5. The lowest BCUT2D eigenvalue weighted by molar-refractivity contribution is -0.402. The van der Waals surface area contributed by atoms with Gasteiger partial charge in [-0.1, -0.05) is 18.2 Å². The number of H-pyrrole nitrogens is 1. The van der Waals surface area contributed by atoms with Gasteiger partial charge in [0.15, 0.2) is 6.23 Å². The number of aliphatic hydroxyl groups is 2. The maximum atomic E-state index is 13.7. The van der Waals surface area contributed by atoms with E-state index in [4.69, 9.17) is 22.9 Å². The number of carbonyl (C=O) groups excluding carboxylic acids is 1. The summed E-state index contributed by atoms with van der Waals surface area (Å²) in [5.41, 5.74) is -1.80. The molecule has 0 spiro atoms. The van der Waals surface area contributed by atoms with Gasteiger partial charge in [0.2, 0.25) is 0 Å². The van der Waals surface area contributed by atoms with Gasteiger partial charge in [-0.15, -0.1) is 0 Å². The number of para-hydroxylation sites is 1. The van der Waals surface area contributed by atoms with Crippen LogP contribution in [0.15, 0.2) is 62.7 Å². The van der Waals surface area contributed by atoms with Gasteiger partial charge in [-0.3, -0.25) is 29.2 Å². The fourth-order valence-electron chi connectivity index (χ4n) is 3.59. The molecular weight excluding hydrogens is 573 g/mol. The topological polar surface area (TPSA) is 248 Å². The lowest BCUT2D eigenvalue weighted by Gasteiger charge is -2.24. The van der Waals surface area contributed by atoms with Crippen LogP contribution in [0, 0.1) is 10.1 Å². The number of aliphatic hydroxyl groups excluding tert-OH is 2. The van der Waals surface area contributed by atoms with Crippen molar-refractivity contribution in [1.82, 2.24) is 19.9 Å². The van der Waals surface area contributed by atoms with E-state index in [2.05, 4.69) is 10.2 Å². The van der Waals surface area contributed by atoms with E-state index in [1.54, 1.807) is 18.2 Å². The van der Waals surface area contributed by atoms with Gasteiger partial charge >= 0.3 is 25.3 Å². The molecule has 0 amide bonds. The maximum absolute atomic E-state index is 13.7. The monoisotopic (exact) mass is 597 g/mol. The normalized spacial score (nSPS) is 22.5. The van der Waals surface area contributed by atoms with Gasteiger partial charge in [-0.25, -0.2) is 9.36 Å². The summed E-state index contributed by atoms with van der Waals surface area (Å²) in [6, 6.07) is 8.78. The van der Waals surface area contributed by atoms with Crippen molar-refractivity contribution in [2.45, 2.75) is 44.1 Å². The van der Waals surface area contributed by atoms with Crippen LogP contribution in [0.2, 0.25) is 0 Å². The zero-order valence-electron chi connectivity index (χ0n) is 21.1. The summed E-state index contributed by atoms with van der Waals surface area (Å²) in [5, 5.41) is 37.6. The largest absolute Gasteiger partial charge is 0.459 e. The Morgan fingerprint density at radius 2 is 1.98 bits per heavy atom. The number of nitrogens with one attached hydrogen (secondary N) is 2. The minimum absolute atomic E-state index is 0.00575. The van der Waals surface area contributed by atoms with Gasteiger partial charge in [-0.2, -0.15) is 14.9 Å². The number of aromatic nitrogens is 3. The van der Waals surface area contributed by atoms with E-state index in [9.17, 15) is 39.3 Å². The molecule has 4 N–H and O–H groups in total. The minimum atomic E-state index is -4.43. The Bertz CT molecular complexity index is 1540. The highest BCUT2D eigenvalue weighted by Crippen LogP contribution is 2.46. The second kappa shape index (κ2) is 12.5. The zero-order chi connectivity index (χ0) is 29.7. The van der Waals surface area contributed by atoms with Crippen molar-refractivity contribution in [2.75, 3.05) is 6.61 Å². The molecule has 1 aliphatic heterocycles. The predicted molar refractivity (Wildman–Crippen MR) is 133 cm³/mol. The summed E-state index contributed by atoms with van der Waals surface area (Å²) >= 11 is 0. The molecule has 1 fully saturated rings. The number of esters is 1. The standard InChI is InChI=1S/C22H24N5O13P/c1-12(21(31)36-10-14-7-8-17(38-14)27(33)34)25-41(35,40-13-5-3-2-4-6-13)37-11-15-18(29)19(30)20(39-15)26-22(32)24-16(28)9-23-26/h2-9,12,15,18-20,29-30H,10-11H2,1H3,(H,25,35)(H,24,28,32)/t12-,15?,18?,19?,20?,41?/m0/s1. The highest BCUT2D eigenvalue weighted by molar-refractivity contribution is 7.52. The van der Waals surface area contributed by atoms with Gasteiger partial charge in [0.1, 0.15) is 53.6 Å². The number of nitro groups is 1. The molecule has 0 radical (unpaired) electrons. The average molecular weight is 597 g/mol. The lowest BCUT2D eigenvalue weighted by Crippen LogP contribution is -2.39. The molecule has 4 rings (SSSR count). The molecule has 0 bridgehead atoms.